The fourth-order valence-corrected chi connectivity index (χ4v) is 4.26. The van der Waals surface area contributed by atoms with Crippen molar-refractivity contribution in [3.8, 4) is 11.5 Å². The van der Waals surface area contributed by atoms with Gasteiger partial charge in [-0.3, -0.25) is 9.59 Å². The van der Waals surface area contributed by atoms with E-state index < -0.39 is 0 Å². The fourth-order valence-electron chi connectivity index (χ4n) is 3.11. The number of rotatable bonds is 7. The molecule has 1 saturated heterocycles. The molecule has 0 saturated carbocycles. The van der Waals surface area contributed by atoms with Gasteiger partial charge in [0.1, 0.15) is 0 Å². The van der Waals surface area contributed by atoms with Crippen LogP contribution in [0.15, 0.2) is 62.6 Å². The zero-order valence-corrected chi connectivity index (χ0v) is 18.4. The number of aromatic nitrogens is 2. The van der Waals surface area contributed by atoms with Gasteiger partial charge in [-0.15, -0.1) is 10.2 Å². The van der Waals surface area contributed by atoms with Crippen LogP contribution < -0.4 is 10.2 Å². The largest absolute Gasteiger partial charge is 0.411 e. The predicted octanol–water partition coefficient (Wildman–Crippen LogP) is 4.75. The Morgan fingerprint density at radius 3 is 2.70 bits per heavy atom. The SMILES string of the molecule is O=C(CCSc1nnc(-c2ccccc2Br)o1)Nc1ccc(N2CCCC2=O)cc1. The number of amides is 2. The van der Waals surface area contributed by atoms with Crippen molar-refractivity contribution in [1.29, 1.82) is 0 Å². The molecule has 1 aromatic heterocycles. The summed E-state index contributed by atoms with van der Waals surface area (Å²) in [6, 6.07) is 15.0. The third kappa shape index (κ3) is 4.91. The second-order valence-electron chi connectivity index (χ2n) is 6.70. The summed E-state index contributed by atoms with van der Waals surface area (Å²) in [7, 11) is 0. The summed E-state index contributed by atoms with van der Waals surface area (Å²) in [5.74, 6) is 1.00. The predicted molar refractivity (Wildman–Crippen MR) is 119 cm³/mol. The maximum atomic E-state index is 12.2. The van der Waals surface area contributed by atoms with E-state index in [1.165, 1.54) is 11.8 Å². The number of carbonyl (C=O) groups is 2. The lowest BCUT2D eigenvalue weighted by molar-refractivity contribution is -0.117. The van der Waals surface area contributed by atoms with E-state index in [0.29, 0.717) is 35.4 Å². The van der Waals surface area contributed by atoms with Crippen LogP contribution >= 0.6 is 27.7 Å². The van der Waals surface area contributed by atoms with Crippen molar-refractivity contribution in [1.82, 2.24) is 10.2 Å². The maximum absolute atomic E-state index is 12.2. The molecule has 2 heterocycles. The summed E-state index contributed by atoms with van der Waals surface area (Å²) in [6.07, 6.45) is 1.79. The first-order valence-electron chi connectivity index (χ1n) is 9.51. The second-order valence-corrected chi connectivity index (χ2v) is 8.60. The summed E-state index contributed by atoms with van der Waals surface area (Å²) in [4.78, 5) is 25.8. The number of halogens is 1. The van der Waals surface area contributed by atoms with Gasteiger partial charge in [0.25, 0.3) is 5.22 Å². The van der Waals surface area contributed by atoms with E-state index in [4.69, 9.17) is 4.42 Å². The van der Waals surface area contributed by atoms with Crippen molar-refractivity contribution in [3.05, 3.63) is 53.0 Å². The molecule has 30 heavy (non-hydrogen) atoms. The van der Waals surface area contributed by atoms with Crippen LogP contribution in [0.4, 0.5) is 11.4 Å². The average Bonchev–Trinajstić information content (AvgIpc) is 3.38. The van der Waals surface area contributed by atoms with Gasteiger partial charge in [0.15, 0.2) is 0 Å². The van der Waals surface area contributed by atoms with E-state index in [0.717, 1.165) is 28.7 Å². The minimum Gasteiger partial charge on any atom is -0.411 e. The Labute approximate surface area is 186 Å². The highest BCUT2D eigenvalue weighted by Crippen LogP contribution is 2.29. The third-order valence-corrected chi connectivity index (χ3v) is 6.11. The molecule has 1 N–H and O–H groups in total. The zero-order chi connectivity index (χ0) is 20.9. The molecule has 4 rings (SSSR count). The van der Waals surface area contributed by atoms with Crippen LogP contribution in [0, 0.1) is 0 Å². The van der Waals surface area contributed by atoms with E-state index in [9.17, 15) is 9.59 Å². The molecule has 0 unspecified atom stereocenters. The fraction of sp³-hybridized carbons (Fsp3) is 0.238. The van der Waals surface area contributed by atoms with Crippen molar-refractivity contribution in [2.75, 3.05) is 22.5 Å². The number of nitrogens with one attached hydrogen (secondary N) is 1. The molecular formula is C21H19BrN4O3S. The molecular weight excluding hydrogens is 468 g/mol. The van der Waals surface area contributed by atoms with Crippen LogP contribution in [0.5, 0.6) is 0 Å². The third-order valence-electron chi connectivity index (χ3n) is 4.60. The minimum atomic E-state index is -0.0990. The Balaban J connectivity index is 1.25. The van der Waals surface area contributed by atoms with Gasteiger partial charge in [-0.2, -0.15) is 0 Å². The molecule has 1 fully saturated rings. The van der Waals surface area contributed by atoms with E-state index >= 15 is 0 Å². The molecule has 9 heteroatoms. The van der Waals surface area contributed by atoms with Gasteiger partial charge in [-0.1, -0.05) is 23.9 Å². The summed E-state index contributed by atoms with van der Waals surface area (Å²) in [6.45, 7) is 0.750. The second kappa shape index (κ2) is 9.44. The Hall–Kier alpha value is -2.65. The molecule has 0 bridgehead atoms. The van der Waals surface area contributed by atoms with E-state index in [-0.39, 0.29) is 11.8 Å². The van der Waals surface area contributed by atoms with Gasteiger partial charge in [0.2, 0.25) is 17.7 Å². The van der Waals surface area contributed by atoms with Crippen LogP contribution in [-0.4, -0.2) is 34.3 Å². The number of nitrogens with zero attached hydrogens (tertiary/aromatic N) is 3. The summed E-state index contributed by atoms with van der Waals surface area (Å²) < 4.78 is 6.55. The molecule has 7 nitrogen and oxygen atoms in total. The summed E-state index contributed by atoms with van der Waals surface area (Å²) in [5.41, 5.74) is 2.39. The van der Waals surface area contributed by atoms with Gasteiger partial charge in [0, 0.05) is 41.0 Å². The first kappa shape index (κ1) is 20.6. The number of hydrogen-bond acceptors (Lipinski definition) is 6. The van der Waals surface area contributed by atoms with Gasteiger partial charge in [0.05, 0.1) is 5.56 Å². The lowest BCUT2D eigenvalue weighted by atomic mass is 10.2. The molecule has 2 aromatic carbocycles. The Kier molecular flexibility index (Phi) is 6.49. The van der Waals surface area contributed by atoms with Crippen LogP contribution in [0.1, 0.15) is 19.3 Å². The van der Waals surface area contributed by atoms with E-state index in [1.54, 1.807) is 4.90 Å². The highest BCUT2D eigenvalue weighted by atomic mass is 79.9. The van der Waals surface area contributed by atoms with Gasteiger partial charge >= 0.3 is 0 Å². The highest BCUT2D eigenvalue weighted by molar-refractivity contribution is 9.10. The zero-order valence-electron chi connectivity index (χ0n) is 16.0. The quantitative estimate of drug-likeness (QED) is 0.484. The van der Waals surface area contributed by atoms with Crippen LogP contribution in [-0.2, 0) is 9.59 Å². The number of thioether (sulfide) groups is 1. The molecule has 1 aliphatic heterocycles. The first-order valence-corrected chi connectivity index (χ1v) is 11.3. The molecule has 2 amide bonds. The smallest absolute Gasteiger partial charge is 0.276 e. The first-order chi connectivity index (χ1) is 14.6. The average molecular weight is 487 g/mol. The number of carbonyl (C=O) groups excluding carboxylic acids is 2. The van der Waals surface area contributed by atoms with Crippen molar-refractivity contribution >= 4 is 50.9 Å². The minimum absolute atomic E-state index is 0.0990. The van der Waals surface area contributed by atoms with Gasteiger partial charge < -0.3 is 14.6 Å². The standard InChI is InChI=1S/C21H19BrN4O3S/c22-17-5-2-1-4-16(17)20-24-25-21(29-20)30-13-11-18(27)23-14-7-9-15(10-8-14)26-12-3-6-19(26)28/h1-2,4-5,7-10H,3,6,11-13H2,(H,23,27). The summed E-state index contributed by atoms with van der Waals surface area (Å²) in [5, 5.41) is 11.4. The molecule has 1 aliphatic rings. The monoisotopic (exact) mass is 486 g/mol. The molecule has 0 radical (unpaired) electrons. The Morgan fingerprint density at radius 1 is 1.17 bits per heavy atom. The Morgan fingerprint density at radius 2 is 1.97 bits per heavy atom. The Bertz CT molecular complexity index is 1050. The molecule has 0 spiro atoms. The number of hydrogen-bond donors (Lipinski definition) is 1. The maximum Gasteiger partial charge on any atom is 0.276 e. The van der Waals surface area contributed by atoms with Gasteiger partial charge in [-0.05, 0) is 58.7 Å². The highest BCUT2D eigenvalue weighted by Gasteiger charge is 2.21. The van der Waals surface area contributed by atoms with Crippen molar-refractivity contribution in [2.24, 2.45) is 0 Å². The molecule has 3 aromatic rings. The van der Waals surface area contributed by atoms with Crippen LogP contribution in [0.3, 0.4) is 0 Å². The molecule has 0 aliphatic carbocycles. The molecule has 154 valence electrons. The lowest BCUT2D eigenvalue weighted by Crippen LogP contribution is -2.23. The number of benzene rings is 2. The number of anilines is 2. The van der Waals surface area contributed by atoms with Crippen molar-refractivity contribution < 1.29 is 14.0 Å². The van der Waals surface area contributed by atoms with Crippen molar-refractivity contribution in [3.63, 3.8) is 0 Å². The van der Waals surface area contributed by atoms with Gasteiger partial charge in [-0.25, -0.2) is 0 Å². The van der Waals surface area contributed by atoms with Crippen LogP contribution in [0.2, 0.25) is 0 Å². The van der Waals surface area contributed by atoms with Crippen LogP contribution in [0.25, 0.3) is 11.5 Å². The normalized spacial score (nSPS) is 13.6. The van der Waals surface area contributed by atoms with E-state index in [2.05, 4.69) is 31.4 Å². The van der Waals surface area contributed by atoms with E-state index in [1.807, 2.05) is 48.5 Å². The lowest BCUT2D eigenvalue weighted by Gasteiger charge is -2.16. The molecule has 0 atom stereocenters. The van der Waals surface area contributed by atoms with Crippen molar-refractivity contribution in [2.45, 2.75) is 24.5 Å². The topological polar surface area (TPSA) is 88.3 Å². The summed E-state index contributed by atoms with van der Waals surface area (Å²) >= 11 is 4.80.